The van der Waals surface area contributed by atoms with E-state index < -0.39 is 0 Å². The van der Waals surface area contributed by atoms with Gasteiger partial charge in [-0.3, -0.25) is 0 Å². The predicted octanol–water partition coefficient (Wildman–Crippen LogP) is 4.94. The van der Waals surface area contributed by atoms with Gasteiger partial charge < -0.3 is 10.6 Å². The van der Waals surface area contributed by atoms with Gasteiger partial charge in [0.05, 0.1) is 0 Å². The fourth-order valence-electron chi connectivity index (χ4n) is 1.90. The molecular weight excluding hydrogens is 272 g/mol. The third-order valence-electron chi connectivity index (χ3n) is 2.83. The second kappa shape index (κ2) is 6.96. The minimum absolute atomic E-state index is 0.282. The summed E-state index contributed by atoms with van der Waals surface area (Å²) in [7, 11) is 0. The highest BCUT2D eigenvalue weighted by molar-refractivity contribution is 6.30. The van der Waals surface area contributed by atoms with Crippen molar-refractivity contribution < 1.29 is 4.79 Å². The number of anilines is 2. The van der Waals surface area contributed by atoms with E-state index in [9.17, 15) is 4.79 Å². The zero-order valence-corrected chi connectivity index (χ0v) is 12.1. The van der Waals surface area contributed by atoms with Crippen LogP contribution in [-0.2, 0) is 6.42 Å². The molecule has 0 aliphatic carbocycles. The molecule has 2 N–H and O–H groups in total. The summed E-state index contributed by atoms with van der Waals surface area (Å²) in [6.07, 6.45) is 2.16. The lowest BCUT2D eigenvalue weighted by Crippen LogP contribution is -2.19. The van der Waals surface area contributed by atoms with Gasteiger partial charge in [0.2, 0.25) is 0 Å². The fraction of sp³-hybridized carbons (Fsp3) is 0.188. The lowest BCUT2D eigenvalue weighted by Gasteiger charge is -2.08. The molecule has 0 spiro atoms. The molecule has 2 aromatic rings. The monoisotopic (exact) mass is 288 g/mol. The van der Waals surface area contributed by atoms with E-state index in [1.807, 2.05) is 24.3 Å². The number of aryl methyl sites for hydroxylation is 1. The molecule has 2 aromatic carbocycles. The maximum Gasteiger partial charge on any atom is 0.323 e. The van der Waals surface area contributed by atoms with Crippen LogP contribution in [0.5, 0.6) is 0 Å². The molecular formula is C16H17ClN2O. The number of hydrogen-bond acceptors (Lipinski definition) is 1. The summed E-state index contributed by atoms with van der Waals surface area (Å²) in [5, 5.41) is 6.11. The average molecular weight is 289 g/mol. The number of benzene rings is 2. The second-order valence-corrected chi connectivity index (χ2v) is 4.97. The van der Waals surface area contributed by atoms with Crippen molar-refractivity contribution in [3.8, 4) is 0 Å². The topological polar surface area (TPSA) is 41.1 Å². The van der Waals surface area contributed by atoms with Crippen LogP contribution in [0.1, 0.15) is 18.9 Å². The van der Waals surface area contributed by atoms with Crippen molar-refractivity contribution in [3.05, 3.63) is 59.1 Å². The maximum atomic E-state index is 11.8. The van der Waals surface area contributed by atoms with Gasteiger partial charge in [-0.2, -0.15) is 0 Å². The summed E-state index contributed by atoms with van der Waals surface area (Å²) in [6.45, 7) is 2.14. The zero-order valence-electron chi connectivity index (χ0n) is 11.3. The van der Waals surface area contributed by atoms with Crippen molar-refractivity contribution in [1.82, 2.24) is 0 Å². The van der Waals surface area contributed by atoms with Crippen LogP contribution in [0.2, 0.25) is 5.02 Å². The highest BCUT2D eigenvalue weighted by Crippen LogP contribution is 2.16. The number of urea groups is 1. The molecule has 3 nitrogen and oxygen atoms in total. The second-order valence-electron chi connectivity index (χ2n) is 4.54. The van der Waals surface area contributed by atoms with Gasteiger partial charge in [0.25, 0.3) is 0 Å². The zero-order chi connectivity index (χ0) is 14.4. The van der Waals surface area contributed by atoms with Crippen LogP contribution in [0.4, 0.5) is 16.2 Å². The number of carbonyl (C=O) groups excluding carboxylic acids is 1. The van der Waals surface area contributed by atoms with Gasteiger partial charge in [-0.05, 0) is 42.3 Å². The lowest BCUT2D eigenvalue weighted by atomic mass is 10.1. The summed E-state index contributed by atoms with van der Waals surface area (Å²) >= 11 is 5.86. The minimum atomic E-state index is -0.282. The number of carbonyl (C=O) groups is 1. The Kier molecular flexibility index (Phi) is 5.02. The van der Waals surface area contributed by atoms with Gasteiger partial charge in [-0.15, -0.1) is 0 Å². The molecule has 0 atom stereocenters. The van der Waals surface area contributed by atoms with Crippen molar-refractivity contribution in [2.75, 3.05) is 10.6 Å². The van der Waals surface area contributed by atoms with Crippen molar-refractivity contribution in [2.45, 2.75) is 19.8 Å². The van der Waals surface area contributed by atoms with Gasteiger partial charge in [-0.1, -0.05) is 43.1 Å². The Labute approximate surface area is 124 Å². The van der Waals surface area contributed by atoms with Crippen LogP contribution >= 0.6 is 11.6 Å². The molecule has 2 amide bonds. The first kappa shape index (κ1) is 14.4. The Balaban J connectivity index is 1.94. The lowest BCUT2D eigenvalue weighted by molar-refractivity contribution is 0.262. The first-order valence-corrected chi connectivity index (χ1v) is 6.97. The Morgan fingerprint density at radius 2 is 1.75 bits per heavy atom. The molecule has 0 radical (unpaired) electrons. The fourth-order valence-corrected chi connectivity index (χ4v) is 2.09. The number of halogens is 1. The number of hydrogen-bond donors (Lipinski definition) is 2. The third-order valence-corrected chi connectivity index (χ3v) is 3.07. The largest absolute Gasteiger partial charge is 0.323 e. The van der Waals surface area contributed by atoms with Gasteiger partial charge in [-0.25, -0.2) is 4.79 Å². The van der Waals surface area contributed by atoms with Gasteiger partial charge in [0, 0.05) is 16.4 Å². The molecule has 0 unspecified atom stereocenters. The van der Waals surface area contributed by atoms with E-state index in [1.165, 1.54) is 5.56 Å². The average Bonchev–Trinajstić information content (AvgIpc) is 2.41. The van der Waals surface area contributed by atoms with Crippen molar-refractivity contribution in [1.29, 1.82) is 0 Å². The Morgan fingerprint density at radius 1 is 1.05 bits per heavy atom. The number of nitrogens with one attached hydrogen (secondary N) is 2. The van der Waals surface area contributed by atoms with E-state index in [2.05, 4.69) is 17.6 Å². The Bertz CT molecular complexity index is 581. The maximum absolute atomic E-state index is 11.8. The van der Waals surface area contributed by atoms with Crippen LogP contribution in [0.15, 0.2) is 48.5 Å². The first-order valence-electron chi connectivity index (χ1n) is 6.60. The molecule has 0 aliphatic heterocycles. The Morgan fingerprint density at radius 3 is 2.40 bits per heavy atom. The van der Waals surface area contributed by atoms with E-state index in [-0.39, 0.29) is 6.03 Å². The molecule has 4 heteroatoms. The molecule has 0 bridgehead atoms. The summed E-state index contributed by atoms with van der Waals surface area (Å²) in [4.78, 5) is 11.8. The van der Waals surface area contributed by atoms with Crippen molar-refractivity contribution in [2.24, 2.45) is 0 Å². The quantitative estimate of drug-likeness (QED) is 0.822. The third kappa shape index (κ3) is 4.28. The van der Waals surface area contributed by atoms with E-state index in [0.717, 1.165) is 18.5 Å². The Hall–Kier alpha value is -2.00. The summed E-state index contributed by atoms with van der Waals surface area (Å²) < 4.78 is 0. The molecule has 0 fully saturated rings. The van der Waals surface area contributed by atoms with Crippen LogP contribution in [0, 0.1) is 0 Å². The summed E-state index contributed by atoms with van der Waals surface area (Å²) in [5.41, 5.74) is 2.70. The van der Waals surface area contributed by atoms with Gasteiger partial charge in [0.15, 0.2) is 0 Å². The van der Waals surface area contributed by atoms with E-state index in [4.69, 9.17) is 11.6 Å². The minimum Gasteiger partial charge on any atom is -0.308 e. The molecule has 2 rings (SSSR count). The van der Waals surface area contributed by atoms with Crippen LogP contribution in [0.25, 0.3) is 0 Å². The van der Waals surface area contributed by atoms with Crippen LogP contribution in [-0.4, -0.2) is 6.03 Å². The summed E-state index contributed by atoms with van der Waals surface area (Å²) in [6, 6.07) is 14.6. The van der Waals surface area contributed by atoms with Gasteiger partial charge >= 0.3 is 6.03 Å². The summed E-state index contributed by atoms with van der Waals surface area (Å²) in [5.74, 6) is 0. The van der Waals surface area contributed by atoms with E-state index in [1.54, 1.807) is 24.3 Å². The standard InChI is InChI=1S/C16H17ClN2O/c1-2-4-12-7-9-14(10-8-12)18-16(20)19-15-6-3-5-13(17)11-15/h3,5-11H,2,4H2,1H3,(H2,18,19,20). The molecule has 20 heavy (non-hydrogen) atoms. The predicted molar refractivity (Wildman–Crippen MR) is 84.5 cm³/mol. The molecule has 104 valence electrons. The van der Waals surface area contributed by atoms with E-state index >= 15 is 0 Å². The molecule has 0 saturated carbocycles. The van der Waals surface area contributed by atoms with Crippen LogP contribution in [0.3, 0.4) is 0 Å². The van der Waals surface area contributed by atoms with Gasteiger partial charge in [0.1, 0.15) is 0 Å². The normalized spacial score (nSPS) is 10.1. The molecule has 0 heterocycles. The first-order chi connectivity index (χ1) is 9.67. The number of amides is 2. The highest BCUT2D eigenvalue weighted by atomic mass is 35.5. The molecule has 0 aromatic heterocycles. The molecule has 0 aliphatic rings. The van der Waals surface area contributed by atoms with E-state index in [0.29, 0.717) is 10.7 Å². The van der Waals surface area contributed by atoms with Crippen LogP contribution < -0.4 is 10.6 Å². The van der Waals surface area contributed by atoms with Crippen molar-refractivity contribution >= 4 is 29.0 Å². The smallest absolute Gasteiger partial charge is 0.308 e. The molecule has 0 saturated heterocycles. The van der Waals surface area contributed by atoms with Crippen molar-refractivity contribution in [3.63, 3.8) is 0 Å². The highest BCUT2D eigenvalue weighted by Gasteiger charge is 2.03. The number of rotatable bonds is 4. The SMILES string of the molecule is CCCc1ccc(NC(=O)Nc2cccc(Cl)c2)cc1.